The molecule has 146 valence electrons. The van der Waals surface area contributed by atoms with Crippen molar-refractivity contribution in [2.75, 3.05) is 26.2 Å². The fourth-order valence-corrected chi connectivity index (χ4v) is 4.38. The van der Waals surface area contributed by atoms with Crippen molar-refractivity contribution in [3.05, 3.63) is 60.2 Å². The Labute approximate surface area is 165 Å². The molecule has 2 aromatic heterocycles. The second kappa shape index (κ2) is 8.09. The molecule has 4 heterocycles. The van der Waals surface area contributed by atoms with Crippen molar-refractivity contribution in [2.24, 2.45) is 5.41 Å². The third-order valence-corrected chi connectivity index (χ3v) is 6.19. The molecule has 0 saturated carbocycles. The number of carbonyl (C=O) groups excluding carboxylic acids is 2. The number of likely N-dealkylation sites (tertiary alicyclic amines) is 2. The summed E-state index contributed by atoms with van der Waals surface area (Å²) < 4.78 is 0. The highest BCUT2D eigenvalue weighted by atomic mass is 16.2. The maximum atomic E-state index is 12.7. The Morgan fingerprint density at radius 1 is 1.04 bits per heavy atom. The van der Waals surface area contributed by atoms with Crippen LogP contribution < -0.4 is 0 Å². The molecule has 6 nitrogen and oxygen atoms in total. The van der Waals surface area contributed by atoms with Crippen molar-refractivity contribution in [3.63, 3.8) is 0 Å². The van der Waals surface area contributed by atoms with Crippen molar-refractivity contribution in [1.29, 1.82) is 0 Å². The van der Waals surface area contributed by atoms with Gasteiger partial charge >= 0.3 is 0 Å². The lowest BCUT2D eigenvalue weighted by Gasteiger charge is -2.47. The Morgan fingerprint density at radius 3 is 2.54 bits per heavy atom. The highest BCUT2D eigenvalue weighted by Gasteiger charge is 2.41. The molecule has 0 atom stereocenters. The molecule has 2 saturated heterocycles. The molecule has 2 fully saturated rings. The molecule has 2 amide bonds. The summed E-state index contributed by atoms with van der Waals surface area (Å²) in [7, 11) is 0. The van der Waals surface area contributed by atoms with Gasteiger partial charge in [0.2, 0.25) is 5.91 Å². The lowest BCUT2D eigenvalue weighted by Crippen LogP contribution is -2.52. The molecule has 2 aromatic rings. The Hall–Kier alpha value is -2.76. The molecule has 0 unspecified atom stereocenters. The standard InChI is InChI=1S/C22H26N4O2/c27-20-3-7-22(17-26(20)13-6-18-4-11-23-12-5-18)8-14-25(15-9-22)21(28)19-2-1-10-24-16-19/h1-2,4-5,10-12,16H,3,6-9,13-15,17H2. The van der Waals surface area contributed by atoms with Gasteiger partial charge in [-0.05, 0) is 60.9 Å². The number of hydrogen-bond acceptors (Lipinski definition) is 4. The van der Waals surface area contributed by atoms with Gasteiger partial charge in [-0.25, -0.2) is 0 Å². The zero-order chi connectivity index (χ0) is 19.4. The number of nitrogens with zero attached hydrogens (tertiary/aromatic N) is 4. The third kappa shape index (κ3) is 4.06. The second-order valence-electron chi connectivity index (χ2n) is 7.95. The lowest BCUT2D eigenvalue weighted by molar-refractivity contribution is -0.138. The van der Waals surface area contributed by atoms with Gasteiger partial charge in [0.15, 0.2) is 0 Å². The van der Waals surface area contributed by atoms with Gasteiger partial charge in [-0.1, -0.05) is 0 Å². The van der Waals surface area contributed by atoms with Gasteiger partial charge in [-0.3, -0.25) is 19.6 Å². The quantitative estimate of drug-likeness (QED) is 0.820. The maximum absolute atomic E-state index is 12.7. The summed E-state index contributed by atoms with van der Waals surface area (Å²) in [6, 6.07) is 7.63. The average Bonchev–Trinajstić information content (AvgIpc) is 2.76. The molecule has 0 bridgehead atoms. The Morgan fingerprint density at radius 2 is 1.82 bits per heavy atom. The van der Waals surface area contributed by atoms with E-state index in [1.807, 2.05) is 28.0 Å². The number of aromatic nitrogens is 2. The topological polar surface area (TPSA) is 66.4 Å². The predicted octanol–water partition coefficient (Wildman–Crippen LogP) is 2.56. The first-order chi connectivity index (χ1) is 13.7. The summed E-state index contributed by atoms with van der Waals surface area (Å²) in [5.41, 5.74) is 2.01. The molecule has 4 rings (SSSR count). The van der Waals surface area contributed by atoms with Gasteiger partial charge < -0.3 is 9.80 Å². The van der Waals surface area contributed by atoms with E-state index in [4.69, 9.17) is 0 Å². The van der Waals surface area contributed by atoms with Crippen LogP contribution >= 0.6 is 0 Å². The van der Waals surface area contributed by atoms with Crippen LogP contribution in [0.15, 0.2) is 49.1 Å². The first kappa shape index (κ1) is 18.6. The second-order valence-corrected chi connectivity index (χ2v) is 7.95. The van der Waals surface area contributed by atoms with Gasteiger partial charge in [0, 0.05) is 57.4 Å². The first-order valence-electron chi connectivity index (χ1n) is 10.0. The van der Waals surface area contributed by atoms with Crippen LogP contribution in [0.1, 0.15) is 41.6 Å². The minimum absolute atomic E-state index is 0.0596. The van der Waals surface area contributed by atoms with Crippen molar-refractivity contribution < 1.29 is 9.59 Å². The van der Waals surface area contributed by atoms with Crippen molar-refractivity contribution in [2.45, 2.75) is 32.1 Å². The fraction of sp³-hybridized carbons (Fsp3) is 0.455. The lowest BCUT2D eigenvalue weighted by atomic mass is 9.72. The van der Waals surface area contributed by atoms with Crippen LogP contribution in [0.25, 0.3) is 0 Å². The van der Waals surface area contributed by atoms with E-state index in [0.717, 1.165) is 51.9 Å². The number of pyridine rings is 2. The van der Waals surface area contributed by atoms with Crippen molar-refractivity contribution >= 4 is 11.8 Å². The Bertz CT molecular complexity index is 817. The van der Waals surface area contributed by atoms with Crippen molar-refractivity contribution in [1.82, 2.24) is 19.8 Å². The number of amides is 2. The summed E-state index contributed by atoms with van der Waals surface area (Å²) in [6.45, 7) is 3.06. The third-order valence-electron chi connectivity index (χ3n) is 6.19. The zero-order valence-corrected chi connectivity index (χ0v) is 16.1. The number of piperidine rings is 2. The minimum Gasteiger partial charge on any atom is -0.342 e. The number of hydrogen-bond donors (Lipinski definition) is 0. The molecule has 6 heteroatoms. The SMILES string of the molecule is O=C1CCC2(CCN(C(=O)c3cccnc3)CC2)CN1CCc1ccncc1. The molecule has 28 heavy (non-hydrogen) atoms. The van der Waals surface area contributed by atoms with E-state index in [9.17, 15) is 9.59 Å². The van der Waals surface area contributed by atoms with Crippen LogP contribution in [0, 0.1) is 5.41 Å². The summed E-state index contributed by atoms with van der Waals surface area (Å²) >= 11 is 0. The summed E-state index contributed by atoms with van der Waals surface area (Å²) in [5.74, 6) is 0.318. The fourth-order valence-electron chi connectivity index (χ4n) is 4.38. The van der Waals surface area contributed by atoms with Crippen LogP contribution in [0.2, 0.25) is 0 Å². The van der Waals surface area contributed by atoms with Crippen LogP contribution in [0.3, 0.4) is 0 Å². The molecule has 1 spiro atoms. The predicted molar refractivity (Wildman–Crippen MR) is 106 cm³/mol. The van der Waals surface area contributed by atoms with Crippen LogP contribution in [0.4, 0.5) is 0 Å². The average molecular weight is 378 g/mol. The van der Waals surface area contributed by atoms with Gasteiger partial charge in [0.1, 0.15) is 0 Å². The number of carbonyl (C=O) groups is 2. The summed E-state index contributed by atoms with van der Waals surface area (Å²) in [5, 5.41) is 0. The van der Waals surface area contributed by atoms with Crippen LogP contribution in [-0.2, 0) is 11.2 Å². The molecular formula is C22H26N4O2. The van der Waals surface area contributed by atoms with E-state index in [0.29, 0.717) is 12.0 Å². The molecule has 0 N–H and O–H groups in total. The maximum Gasteiger partial charge on any atom is 0.255 e. The van der Waals surface area contributed by atoms with Crippen LogP contribution in [0.5, 0.6) is 0 Å². The largest absolute Gasteiger partial charge is 0.342 e. The monoisotopic (exact) mass is 378 g/mol. The van der Waals surface area contributed by atoms with E-state index in [-0.39, 0.29) is 17.2 Å². The molecule has 2 aliphatic rings. The number of rotatable bonds is 4. The van der Waals surface area contributed by atoms with Gasteiger partial charge in [-0.15, -0.1) is 0 Å². The normalized spacial score (nSPS) is 19.1. The molecule has 0 aliphatic carbocycles. The molecule has 0 aromatic carbocycles. The zero-order valence-electron chi connectivity index (χ0n) is 16.1. The van der Waals surface area contributed by atoms with E-state index >= 15 is 0 Å². The van der Waals surface area contributed by atoms with Gasteiger partial charge in [0.25, 0.3) is 5.91 Å². The minimum atomic E-state index is 0.0596. The van der Waals surface area contributed by atoms with E-state index in [2.05, 4.69) is 9.97 Å². The highest BCUT2D eigenvalue weighted by molar-refractivity contribution is 5.93. The highest BCUT2D eigenvalue weighted by Crippen LogP contribution is 2.40. The molecule has 2 aliphatic heterocycles. The first-order valence-corrected chi connectivity index (χ1v) is 10.0. The van der Waals surface area contributed by atoms with Crippen molar-refractivity contribution in [3.8, 4) is 0 Å². The smallest absolute Gasteiger partial charge is 0.255 e. The van der Waals surface area contributed by atoms with Gasteiger partial charge in [-0.2, -0.15) is 0 Å². The van der Waals surface area contributed by atoms with Crippen LogP contribution in [-0.4, -0.2) is 57.8 Å². The molecule has 0 radical (unpaired) electrons. The van der Waals surface area contributed by atoms with Gasteiger partial charge in [0.05, 0.1) is 5.56 Å². The van der Waals surface area contributed by atoms with E-state index < -0.39 is 0 Å². The molecular weight excluding hydrogens is 352 g/mol. The summed E-state index contributed by atoms with van der Waals surface area (Å²) in [4.78, 5) is 37.2. The summed E-state index contributed by atoms with van der Waals surface area (Å²) in [6.07, 6.45) is 11.2. The van der Waals surface area contributed by atoms with E-state index in [1.54, 1.807) is 30.9 Å². The Kier molecular flexibility index (Phi) is 5.37. The van der Waals surface area contributed by atoms with E-state index in [1.165, 1.54) is 5.56 Å². The Balaban J connectivity index is 1.35.